The van der Waals surface area contributed by atoms with E-state index in [9.17, 15) is 13.2 Å². The third kappa shape index (κ3) is 5.68. The Labute approximate surface area is 116 Å². The number of halogens is 4. The van der Waals surface area contributed by atoms with Gasteiger partial charge in [-0.3, -0.25) is 0 Å². The van der Waals surface area contributed by atoms with Crippen molar-refractivity contribution < 1.29 is 13.2 Å². The number of hydrogen-bond acceptors (Lipinski definition) is 2. The summed E-state index contributed by atoms with van der Waals surface area (Å²) in [6.07, 6.45) is -3.26. The molecule has 108 valence electrons. The molecule has 0 radical (unpaired) electrons. The van der Waals surface area contributed by atoms with Gasteiger partial charge in [0.2, 0.25) is 0 Å². The molecule has 2 nitrogen and oxygen atoms in total. The first kappa shape index (κ1) is 16.1. The zero-order chi connectivity index (χ0) is 14.5. The van der Waals surface area contributed by atoms with Crippen LogP contribution in [0.1, 0.15) is 31.0 Å². The van der Waals surface area contributed by atoms with E-state index in [1.165, 1.54) is 4.90 Å². The van der Waals surface area contributed by atoms with Gasteiger partial charge in [-0.1, -0.05) is 13.3 Å². The number of hydrogen-bond donors (Lipinski definition) is 0. The van der Waals surface area contributed by atoms with Crippen molar-refractivity contribution in [1.29, 1.82) is 0 Å². The maximum Gasteiger partial charge on any atom is 0.390 e. The summed E-state index contributed by atoms with van der Waals surface area (Å²) in [4.78, 5) is 5.89. The van der Waals surface area contributed by atoms with E-state index in [1.807, 2.05) is 13.0 Å². The van der Waals surface area contributed by atoms with E-state index in [0.717, 1.165) is 24.1 Å². The Morgan fingerprint density at radius 3 is 2.53 bits per heavy atom. The molecule has 0 aliphatic heterocycles. The summed E-state index contributed by atoms with van der Waals surface area (Å²) in [7, 11) is 1.61. The van der Waals surface area contributed by atoms with Crippen LogP contribution in [0.5, 0.6) is 0 Å². The maximum absolute atomic E-state index is 12.2. The molecule has 6 heteroatoms. The first-order valence-corrected chi connectivity index (χ1v) is 6.73. The molecule has 1 rings (SSSR count). The van der Waals surface area contributed by atoms with Crippen molar-refractivity contribution in [3.63, 3.8) is 0 Å². The van der Waals surface area contributed by atoms with Crippen molar-refractivity contribution in [3.05, 3.63) is 23.4 Å². The second-order valence-corrected chi connectivity index (χ2v) is 4.76. The van der Waals surface area contributed by atoms with Crippen molar-refractivity contribution in [2.24, 2.45) is 0 Å². The molecule has 0 saturated heterocycles. The SMILES string of the molecule is CCCc1cc(CCl)cc(N(C)CCC(F)(F)F)n1. The largest absolute Gasteiger partial charge is 0.390 e. The van der Waals surface area contributed by atoms with E-state index < -0.39 is 12.6 Å². The van der Waals surface area contributed by atoms with Gasteiger partial charge in [0.05, 0.1) is 6.42 Å². The molecular formula is C13H18ClF3N2. The molecule has 0 aliphatic rings. The molecule has 1 heterocycles. The Kier molecular flexibility index (Phi) is 5.91. The zero-order valence-corrected chi connectivity index (χ0v) is 11.9. The van der Waals surface area contributed by atoms with Crippen LogP contribution in [0.15, 0.2) is 12.1 Å². The van der Waals surface area contributed by atoms with Gasteiger partial charge in [0.25, 0.3) is 0 Å². The van der Waals surface area contributed by atoms with E-state index in [2.05, 4.69) is 4.98 Å². The van der Waals surface area contributed by atoms with Gasteiger partial charge in [0.15, 0.2) is 0 Å². The lowest BCUT2D eigenvalue weighted by molar-refractivity contribution is -0.132. The van der Waals surface area contributed by atoms with Crippen molar-refractivity contribution >= 4 is 17.4 Å². The number of alkyl halides is 4. The van der Waals surface area contributed by atoms with Crippen molar-refractivity contribution in [1.82, 2.24) is 4.98 Å². The number of anilines is 1. The fourth-order valence-corrected chi connectivity index (χ4v) is 1.85. The van der Waals surface area contributed by atoms with Crippen molar-refractivity contribution in [2.75, 3.05) is 18.5 Å². The molecule has 0 amide bonds. The molecule has 1 aromatic rings. The minimum Gasteiger partial charge on any atom is -0.359 e. The highest BCUT2D eigenvalue weighted by molar-refractivity contribution is 6.17. The number of aromatic nitrogens is 1. The molecular weight excluding hydrogens is 277 g/mol. The molecule has 0 fully saturated rings. The fourth-order valence-electron chi connectivity index (χ4n) is 1.70. The quantitative estimate of drug-likeness (QED) is 0.732. The van der Waals surface area contributed by atoms with Crippen molar-refractivity contribution in [3.8, 4) is 0 Å². The predicted octanol–water partition coefficient (Wildman–Crippen LogP) is 4.16. The predicted molar refractivity (Wildman–Crippen MR) is 71.7 cm³/mol. The van der Waals surface area contributed by atoms with Crippen LogP contribution >= 0.6 is 11.6 Å². The van der Waals surface area contributed by atoms with Crippen LogP contribution in [0.25, 0.3) is 0 Å². The fraction of sp³-hybridized carbons (Fsp3) is 0.615. The van der Waals surface area contributed by atoms with E-state index >= 15 is 0 Å². The van der Waals surface area contributed by atoms with Crippen LogP contribution in [0.3, 0.4) is 0 Å². The topological polar surface area (TPSA) is 16.1 Å². The van der Waals surface area contributed by atoms with E-state index in [-0.39, 0.29) is 6.54 Å². The van der Waals surface area contributed by atoms with Crippen LogP contribution in [0.4, 0.5) is 19.0 Å². The van der Waals surface area contributed by atoms with Gasteiger partial charge in [0, 0.05) is 25.2 Å². The molecule has 19 heavy (non-hydrogen) atoms. The first-order valence-electron chi connectivity index (χ1n) is 6.19. The van der Waals surface area contributed by atoms with Crippen LogP contribution in [-0.4, -0.2) is 24.8 Å². The highest BCUT2D eigenvalue weighted by atomic mass is 35.5. The molecule has 0 N–H and O–H groups in total. The van der Waals surface area contributed by atoms with Crippen LogP contribution in [0.2, 0.25) is 0 Å². The third-order valence-electron chi connectivity index (χ3n) is 2.71. The molecule has 0 saturated carbocycles. The minimum atomic E-state index is -4.15. The molecule has 0 spiro atoms. The van der Waals surface area contributed by atoms with E-state index in [1.54, 1.807) is 13.1 Å². The second kappa shape index (κ2) is 6.98. The summed E-state index contributed by atoms with van der Waals surface area (Å²) >= 11 is 5.80. The highest BCUT2D eigenvalue weighted by Gasteiger charge is 2.27. The maximum atomic E-state index is 12.2. The second-order valence-electron chi connectivity index (χ2n) is 4.50. The normalized spacial score (nSPS) is 11.7. The molecule has 0 bridgehead atoms. The molecule has 0 atom stereocenters. The average molecular weight is 295 g/mol. The summed E-state index contributed by atoms with van der Waals surface area (Å²) in [5, 5.41) is 0. The van der Waals surface area contributed by atoms with Gasteiger partial charge >= 0.3 is 6.18 Å². The third-order valence-corrected chi connectivity index (χ3v) is 3.02. The van der Waals surface area contributed by atoms with Gasteiger partial charge in [-0.25, -0.2) is 4.98 Å². The summed E-state index contributed by atoms with van der Waals surface area (Å²) < 4.78 is 36.6. The van der Waals surface area contributed by atoms with E-state index in [0.29, 0.717) is 11.7 Å². The molecule has 1 aromatic heterocycles. The zero-order valence-electron chi connectivity index (χ0n) is 11.1. The molecule has 0 aliphatic carbocycles. The van der Waals surface area contributed by atoms with Crippen LogP contribution in [0, 0.1) is 0 Å². The number of aryl methyl sites for hydroxylation is 1. The average Bonchev–Trinajstić information content (AvgIpc) is 2.35. The van der Waals surface area contributed by atoms with Crippen LogP contribution in [-0.2, 0) is 12.3 Å². The van der Waals surface area contributed by atoms with Gasteiger partial charge < -0.3 is 4.90 Å². The summed E-state index contributed by atoms with van der Waals surface area (Å²) in [6, 6.07) is 3.64. The Balaban J connectivity index is 2.82. The number of nitrogens with zero attached hydrogens (tertiary/aromatic N) is 2. The van der Waals surface area contributed by atoms with Gasteiger partial charge in [-0.15, -0.1) is 11.6 Å². The molecule has 0 unspecified atom stereocenters. The summed E-state index contributed by atoms with van der Waals surface area (Å²) in [5.41, 5.74) is 1.75. The lowest BCUT2D eigenvalue weighted by atomic mass is 10.1. The Morgan fingerprint density at radius 2 is 2.00 bits per heavy atom. The number of rotatable bonds is 6. The van der Waals surface area contributed by atoms with Crippen molar-refractivity contribution in [2.45, 2.75) is 38.2 Å². The standard InChI is InChI=1S/C13H18ClF3N2/c1-3-4-11-7-10(9-14)8-12(18-11)19(2)6-5-13(15,16)17/h7-8H,3-6,9H2,1-2H3. The van der Waals surface area contributed by atoms with Gasteiger partial charge in [0.1, 0.15) is 5.82 Å². The lowest BCUT2D eigenvalue weighted by Crippen LogP contribution is -2.25. The molecule has 0 aromatic carbocycles. The minimum absolute atomic E-state index is 0.103. The van der Waals surface area contributed by atoms with Gasteiger partial charge in [-0.05, 0) is 24.1 Å². The monoisotopic (exact) mass is 294 g/mol. The Bertz CT molecular complexity index is 407. The lowest BCUT2D eigenvalue weighted by Gasteiger charge is -2.20. The Hall–Kier alpha value is -0.970. The smallest absolute Gasteiger partial charge is 0.359 e. The van der Waals surface area contributed by atoms with Crippen LogP contribution < -0.4 is 4.90 Å². The Morgan fingerprint density at radius 1 is 1.32 bits per heavy atom. The summed E-state index contributed by atoms with van der Waals surface area (Å²) in [6.45, 7) is 1.93. The van der Waals surface area contributed by atoms with E-state index in [4.69, 9.17) is 11.6 Å². The summed E-state index contributed by atoms with van der Waals surface area (Å²) in [5.74, 6) is 0.880. The number of pyridine rings is 1. The highest BCUT2D eigenvalue weighted by Crippen LogP contribution is 2.22. The first-order chi connectivity index (χ1) is 8.85. The van der Waals surface area contributed by atoms with Gasteiger partial charge in [-0.2, -0.15) is 13.2 Å².